The molecule has 1 aliphatic heterocycles. The van der Waals surface area contributed by atoms with Gasteiger partial charge in [-0.1, -0.05) is 12.1 Å². The third-order valence-electron chi connectivity index (χ3n) is 3.60. The molecule has 1 unspecified atom stereocenters. The van der Waals surface area contributed by atoms with Crippen LogP contribution in [0.15, 0.2) is 24.4 Å². The van der Waals surface area contributed by atoms with Crippen molar-refractivity contribution in [2.24, 2.45) is 0 Å². The van der Waals surface area contributed by atoms with Crippen LogP contribution < -0.4 is 5.32 Å². The van der Waals surface area contributed by atoms with E-state index in [0.29, 0.717) is 18.4 Å². The molecule has 1 aliphatic rings. The number of carbonyl (C=O) groups is 3. The summed E-state index contributed by atoms with van der Waals surface area (Å²) in [7, 11) is 0. The number of aromatic nitrogens is 2. The summed E-state index contributed by atoms with van der Waals surface area (Å²) in [6.45, 7) is -0.234. The summed E-state index contributed by atoms with van der Waals surface area (Å²) in [5.41, 5.74) is 1.43. The van der Waals surface area contributed by atoms with Gasteiger partial charge in [-0.15, -0.1) is 0 Å². The zero-order valence-corrected chi connectivity index (χ0v) is 11.1. The molecule has 0 aliphatic carbocycles. The Bertz CT molecular complexity index is 750. The quantitative estimate of drug-likeness (QED) is 0.807. The maximum atomic E-state index is 11.9. The minimum atomic E-state index is -0.980. The van der Waals surface area contributed by atoms with Crippen molar-refractivity contribution in [1.82, 2.24) is 15.1 Å². The van der Waals surface area contributed by atoms with Gasteiger partial charge >= 0.3 is 5.97 Å². The number of hydrogen-bond acceptors (Lipinski definition) is 4. The Hall–Kier alpha value is -2.70. The fourth-order valence-electron chi connectivity index (χ4n) is 2.57. The lowest BCUT2D eigenvalue weighted by molar-refractivity contribution is -0.138. The molecule has 2 aromatic rings. The lowest BCUT2D eigenvalue weighted by Gasteiger charge is -2.21. The molecule has 1 fully saturated rings. The second kappa shape index (κ2) is 5.01. The van der Waals surface area contributed by atoms with Gasteiger partial charge < -0.3 is 5.11 Å². The topological polar surface area (TPSA) is 101 Å². The smallest absolute Gasteiger partial charge is 0.325 e. The zero-order valence-electron chi connectivity index (χ0n) is 11.1. The number of piperidine rings is 1. The van der Waals surface area contributed by atoms with Gasteiger partial charge in [-0.25, -0.2) is 0 Å². The largest absolute Gasteiger partial charge is 0.480 e. The fourth-order valence-corrected chi connectivity index (χ4v) is 2.57. The zero-order chi connectivity index (χ0) is 15.0. The van der Waals surface area contributed by atoms with Crippen LogP contribution in [0.2, 0.25) is 0 Å². The molecule has 108 valence electrons. The number of nitrogens with zero attached hydrogens (tertiary/aromatic N) is 2. The van der Waals surface area contributed by atoms with Crippen LogP contribution in [-0.4, -0.2) is 32.7 Å². The third-order valence-corrected chi connectivity index (χ3v) is 3.60. The number of aliphatic carboxylic acids is 1. The Morgan fingerprint density at radius 1 is 1.43 bits per heavy atom. The Kier molecular flexibility index (Phi) is 3.17. The van der Waals surface area contributed by atoms with Crippen molar-refractivity contribution in [3.63, 3.8) is 0 Å². The van der Waals surface area contributed by atoms with Crippen molar-refractivity contribution in [3.8, 4) is 0 Å². The highest BCUT2D eigenvalue weighted by Crippen LogP contribution is 2.27. The molecule has 1 aromatic heterocycles. The monoisotopic (exact) mass is 287 g/mol. The lowest BCUT2D eigenvalue weighted by atomic mass is 9.90. The molecule has 2 N–H and O–H groups in total. The second-order valence-corrected chi connectivity index (χ2v) is 5.02. The molecular formula is C14H13N3O4. The van der Waals surface area contributed by atoms with Gasteiger partial charge in [-0.3, -0.25) is 24.4 Å². The van der Waals surface area contributed by atoms with Crippen molar-refractivity contribution >= 4 is 28.7 Å². The number of nitrogens with one attached hydrogen (secondary N) is 1. The number of rotatable bonds is 3. The minimum absolute atomic E-state index is 0.234. The summed E-state index contributed by atoms with van der Waals surface area (Å²) >= 11 is 0. The van der Waals surface area contributed by atoms with Crippen LogP contribution in [0, 0.1) is 0 Å². The minimum Gasteiger partial charge on any atom is -0.480 e. The van der Waals surface area contributed by atoms with E-state index in [1.54, 1.807) is 18.3 Å². The molecule has 1 saturated heterocycles. The van der Waals surface area contributed by atoms with Crippen LogP contribution in [0.5, 0.6) is 0 Å². The molecule has 0 saturated carbocycles. The maximum absolute atomic E-state index is 11.9. The number of carboxylic acids is 1. The van der Waals surface area contributed by atoms with Crippen LogP contribution >= 0.6 is 0 Å². The predicted molar refractivity (Wildman–Crippen MR) is 72.5 cm³/mol. The van der Waals surface area contributed by atoms with Gasteiger partial charge in [-0.05, 0) is 18.1 Å². The Morgan fingerprint density at radius 3 is 2.95 bits per heavy atom. The van der Waals surface area contributed by atoms with E-state index in [1.165, 1.54) is 4.68 Å². The van der Waals surface area contributed by atoms with Gasteiger partial charge in [-0.2, -0.15) is 5.10 Å². The highest BCUT2D eigenvalue weighted by Gasteiger charge is 2.28. The number of carboxylic acid groups (broad SMARTS) is 1. The number of fused-ring (bicyclic) bond motifs is 1. The predicted octanol–water partition coefficient (Wildman–Crippen LogP) is 0.641. The van der Waals surface area contributed by atoms with Crippen LogP contribution in [0.4, 0.5) is 0 Å². The number of benzene rings is 1. The normalized spacial score (nSPS) is 18.8. The summed E-state index contributed by atoms with van der Waals surface area (Å²) in [4.78, 5) is 33.9. The molecule has 0 bridgehead atoms. The van der Waals surface area contributed by atoms with Crippen LogP contribution in [0.25, 0.3) is 10.9 Å². The summed E-state index contributed by atoms with van der Waals surface area (Å²) in [6.07, 6.45) is 2.36. The summed E-state index contributed by atoms with van der Waals surface area (Å²) in [5, 5.41) is 16.0. The number of carbonyl (C=O) groups excluding carboxylic acids is 2. The molecule has 3 rings (SSSR count). The molecule has 21 heavy (non-hydrogen) atoms. The van der Waals surface area contributed by atoms with Crippen molar-refractivity contribution in [1.29, 1.82) is 0 Å². The van der Waals surface area contributed by atoms with E-state index in [0.717, 1.165) is 10.9 Å². The van der Waals surface area contributed by atoms with Crippen LogP contribution in [-0.2, 0) is 20.9 Å². The van der Waals surface area contributed by atoms with Crippen LogP contribution in [0.1, 0.15) is 24.3 Å². The van der Waals surface area contributed by atoms with Crippen molar-refractivity contribution in [2.45, 2.75) is 25.3 Å². The fraction of sp³-hybridized carbons (Fsp3) is 0.286. The highest BCUT2D eigenvalue weighted by atomic mass is 16.4. The number of imide groups is 1. The third kappa shape index (κ3) is 2.49. The van der Waals surface area contributed by atoms with Crippen molar-refractivity contribution < 1.29 is 19.5 Å². The first kappa shape index (κ1) is 13.3. The number of hydrogen-bond donors (Lipinski definition) is 2. The Labute approximate surface area is 119 Å². The van der Waals surface area contributed by atoms with E-state index in [-0.39, 0.29) is 24.3 Å². The van der Waals surface area contributed by atoms with Gasteiger partial charge in [0.1, 0.15) is 6.54 Å². The van der Waals surface area contributed by atoms with Crippen molar-refractivity contribution in [3.05, 3.63) is 30.0 Å². The Balaban J connectivity index is 1.98. The molecule has 2 amide bonds. The SMILES string of the molecule is O=C(O)Cn1ncc2ccc(C3CCC(=O)NC3=O)cc21. The molecule has 0 spiro atoms. The highest BCUT2D eigenvalue weighted by molar-refractivity contribution is 6.01. The van der Waals surface area contributed by atoms with Crippen molar-refractivity contribution in [2.75, 3.05) is 0 Å². The van der Waals surface area contributed by atoms with E-state index in [4.69, 9.17) is 5.11 Å². The van der Waals surface area contributed by atoms with Crippen LogP contribution in [0.3, 0.4) is 0 Å². The van der Waals surface area contributed by atoms with E-state index in [9.17, 15) is 14.4 Å². The van der Waals surface area contributed by atoms with E-state index in [1.807, 2.05) is 6.07 Å². The van der Waals surface area contributed by atoms with Gasteiger partial charge in [0.25, 0.3) is 0 Å². The first-order chi connectivity index (χ1) is 10.0. The van der Waals surface area contributed by atoms with Gasteiger partial charge in [0.2, 0.25) is 11.8 Å². The standard InChI is InChI=1S/C14H13N3O4/c18-12-4-3-10(14(21)16-12)8-1-2-9-6-15-17(7-13(19)20)11(9)5-8/h1-2,5-6,10H,3-4,7H2,(H,19,20)(H,16,18,21). The first-order valence-corrected chi connectivity index (χ1v) is 6.55. The summed E-state index contributed by atoms with van der Waals surface area (Å²) in [5.74, 6) is -1.94. The van der Waals surface area contributed by atoms with Gasteiger partial charge in [0, 0.05) is 11.8 Å². The average molecular weight is 287 g/mol. The molecule has 7 heteroatoms. The van der Waals surface area contributed by atoms with E-state index >= 15 is 0 Å². The lowest BCUT2D eigenvalue weighted by Crippen LogP contribution is -2.39. The summed E-state index contributed by atoms with van der Waals surface area (Å²) in [6, 6.07) is 5.39. The summed E-state index contributed by atoms with van der Waals surface area (Å²) < 4.78 is 1.38. The van der Waals surface area contributed by atoms with Gasteiger partial charge in [0.05, 0.1) is 17.6 Å². The van der Waals surface area contributed by atoms with E-state index < -0.39 is 5.97 Å². The number of amides is 2. The molecule has 0 radical (unpaired) electrons. The van der Waals surface area contributed by atoms with E-state index in [2.05, 4.69) is 10.4 Å². The molecular weight excluding hydrogens is 274 g/mol. The average Bonchev–Trinajstić information content (AvgIpc) is 2.80. The molecule has 2 heterocycles. The second-order valence-electron chi connectivity index (χ2n) is 5.02. The molecule has 7 nitrogen and oxygen atoms in total. The van der Waals surface area contributed by atoms with Gasteiger partial charge in [0.15, 0.2) is 0 Å². The Morgan fingerprint density at radius 2 is 2.24 bits per heavy atom. The first-order valence-electron chi connectivity index (χ1n) is 6.55. The maximum Gasteiger partial charge on any atom is 0.325 e. The molecule has 1 aromatic carbocycles. The molecule has 1 atom stereocenters.